The minimum atomic E-state index is -5.19. The summed E-state index contributed by atoms with van der Waals surface area (Å²) in [7, 11) is -5.19. The molecule has 521 valence electrons. The number of allylic oxidation sites excluding steroid dienone is 3. The maximum absolute atomic E-state index is 14.4. The Morgan fingerprint density at radius 2 is 1.29 bits per heavy atom. The number of imidazole rings is 1. The maximum Gasteiger partial charge on any atom is 0.472 e. The van der Waals surface area contributed by atoms with E-state index >= 15 is 0 Å². The van der Waals surface area contributed by atoms with Gasteiger partial charge in [-0.05, 0) is 129 Å². The topological polar surface area (TPSA) is 514 Å². The Bertz CT molecular complexity index is 3490. The Kier molecular flexibility index (Phi) is 23.3. The number of primary amides is 7. The van der Waals surface area contributed by atoms with Crippen LogP contribution in [0.25, 0.3) is 32.3 Å². The van der Waals surface area contributed by atoms with Gasteiger partial charge >= 0.3 is 7.82 Å². The fourth-order valence-corrected chi connectivity index (χ4v) is 17.2. The molecule has 6 aliphatic heterocycles. The number of fused-ring (bicyclic) bond motifs is 10. The Morgan fingerprint density at radius 1 is 0.734 bits per heavy atom. The summed E-state index contributed by atoms with van der Waals surface area (Å²) in [5, 5.41) is 42.9. The number of amides is 8. The van der Waals surface area contributed by atoms with Crippen molar-refractivity contribution in [3.05, 3.63) is 91.7 Å². The average Bonchev–Trinajstić information content (AvgIpc) is 1.53. The average molecular weight is 1370 g/mol. The van der Waals surface area contributed by atoms with E-state index in [1.54, 1.807) is 0 Å². The Balaban J connectivity index is 0.00000462. The van der Waals surface area contributed by atoms with Gasteiger partial charge in [-0.1, -0.05) is 53.6 Å². The Hall–Kier alpha value is -6.94. The van der Waals surface area contributed by atoms with Gasteiger partial charge in [0.05, 0.1) is 23.5 Å². The minimum absolute atomic E-state index is 0. The molecule has 8 rings (SSSR count). The van der Waals surface area contributed by atoms with Crippen LogP contribution in [0, 0.1) is 71.0 Å². The number of carbonyl (C=O) groups is 8. The molecule has 1 aromatic carbocycles. The zero-order chi connectivity index (χ0) is 69.6. The minimum Gasteiger partial charge on any atom is -0.685 e. The molecule has 0 saturated carbocycles. The number of rotatable bonds is 26. The number of aromatic nitrogens is 2. The number of nitrogens with one attached hydrogen (secondary N) is 1. The van der Waals surface area contributed by atoms with Crippen molar-refractivity contribution in [3.63, 3.8) is 0 Å². The summed E-state index contributed by atoms with van der Waals surface area (Å²) in [5.41, 5.74) is 41.5. The van der Waals surface area contributed by atoms with E-state index in [-0.39, 0.29) is 94.0 Å². The third-order valence-corrected chi connectivity index (χ3v) is 22.3. The molecule has 1 aromatic heterocycles. The molecule has 4 unspecified atom stereocenters. The normalized spacial score (nSPS) is 35.2. The monoisotopic (exact) mass is 1370 g/mol. The molecule has 8 bridgehead atoms. The van der Waals surface area contributed by atoms with Crippen molar-refractivity contribution in [1.29, 1.82) is 5.26 Å². The van der Waals surface area contributed by atoms with Crippen LogP contribution in [0.4, 0.5) is 0 Å². The zero-order valence-corrected chi connectivity index (χ0v) is 57.0. The van der Waals surface area contributed by atoms with E-state index < -0.39 is 161 Å². The smallest absolute Gasteiger partial charge is 0.472 e. The van der Waals surface area contributed by atoms with E-state index in [1.807, 2.05) is 87.4 Å². The van der Waals surface area contributed by atoms with Crippen molar-refractivity contribution < 1.29 is 88.1 Å². The number of hydrogen-bond acceptors (Lipinski definition) is 14. The first kappa shape index (κ1) is 76.1. The van der Waals surface area contributed by atoms with Gasteiger partial charge in [0.15, 0.2) is 12.3 Å². The summed E-state index contributed by atoms with van der Waals surface area (Å²) in [4.78, 5) is 122. The Morgan fingerprint density at radius 3 is 1.85 bits per heavy atom. The van der Waals surface area contributed by atoms with Gasteiger partial charge in [0.2, 0.25) is 47.3 Å². The van der Waals surface area contributed by atoms with Crippen molar-refractivity contribution >= 4 is 66.1 Å². The molecular weight excluding hydrogens is 1280 g/mol. The van der Waals surface area contributed by atoms with Gasteiger partial charge in [-0.25, -0.2) is 9.55 Å². The van der Waals surface area contributed by atoms with E-state index in [0.717, 1.165) is 11.1 Å². The molecule has 29 nitrogen and oxygen atoms in total. The number of hydrogen-bond donors (Lipinski definition) is 10. The number of nitrogens with two attached hydrogens (primary N) is 7. The number of benzene rings is 1. The fraction of sp³-hybridized carbons (Fsp3) is 0.651. The molecule has 2 aromatic rings. The summed E-state index contributed by atoms with van der Waals surface area (Å²) >= 11 is 0. The van der Waals surface area contributed by atoms with Gasteiger partial charge in [-0.2, -0.15) is 17.1 Å². The van der Waals surface area contributed by atoms with Crippen LogP contribution in [0.2, 0.25) is 0 Å². The molecule has 8 amide bonds. The summed E-state index contributed by atoms with van der Waals surface area (Å²) in [6.07, 6.45) is -5.23. The predicted molar refractivity (Wildman–Crippen MR) is 338 cm³/mol. The molecule has 1 radical (unpaired) electrons. The fourth-order valence-electron chi connectivity index (χ4n) is 16.1. The molecule has 31 heteroatoms. The van der Waals surface area contributed by atoms with Gasteiger partial charge in [0.1, 0.15) is 12.2 Å². The maximum atomic E-state index is 14.4. The third-order valence-electron chi connectivity index (χ3n) is 21.2. The van der Waals surface area contributed by atoms with Crippen LogP contribution in [-0.2, 0) is 73.5 Å². The van der Waals surface area contributed by atoms with Crippen LogP contribution in [0.1, 0.15) is 150 Å². The van der Waals surface area contributed by atoms with Crippen LogP contribution in [0.3, 0.4) is 0 Å². The first-order chi connectivity index (χ1) is 43.2. The molecule has 6 aliphatic rings. The van der Waals surface area contributed by atoms with Crippen molar-refractivity contribution in [2.45, 2.75) is 207 Å². The number of phosphoric ester groups is 1. The number of aliphatic hydroxyl groups excluding tert-OH is 1. The van der Waals surface area contributed by atoms with Gasteiger partial charge in [-0.15, -0.1) is 34.8 Å². The quantitative estimate of drug-likeness (QED) is 0.0366. The van der Waals surface area contributed by atoms with Gasteiger partial charge in [0.25, 0.3) is 0 Å². The number of aliphatic hydroxyl groups is 1. The van der Waals surface area contributed by atoms with Gasteiger partial charge in [-0.3, -0.25) is 47.4 Å². The van der Waals surface area contributed by atoms with Crippen LogP contribution in [0.15, 0.2) is 52.8 Å². The van der Waals surface area contributed by atoms with E-state index in [9.17, 15) is 52.9 Å². The number of nitrogens with zero attached hydrogens (tertiary/aromatic N) is 7. The van der Waals surface area contributed by atoms with E-state index in [2.05, 4.69) is 10.3 Å². The SMILES string of the molecule is C/C1=C2/[N-][C@H]([C@H](CC(N)=O)[C@@]2(C)CCC(=O)NC[C@@H](C)OP(=O)(O)O[C@H]2[C@@H](O)[C@@H]([n+]3c[n-]c4cc(C)c(C)cc43)O[C@@H]2C(N)=O)[C@]2(C)[N-]C(/C(C)=C3\[N-]C(/C=C4\[N-]C1[C@@H](CCC(N)=O)C4(C)C)[C@@H](CCC(N)=O)[C@]3(C)CC(N)=O)[C@@H](CCC(N)=O)[C@]2(C)CC(N)=O.[C-]#N.[Co]. The molecule has 7 heterocycles. The number of phosphoric acid groups is 1. The second-order valence-corrected chi connectivity index (χ2v) is 29.0. The summed E-state index contributed by atoms with van der Waals surface area (Å²) < 4.78 is 32.0. The largest absolute Gasteiger partial charge is 0.685 e. The van der Waals surface area contributed by atoms with Crippen molar-refractivity contribution in [3.8, 4) is 0 Å². The zero-order valence-electron chi connectivity index (χ0n) is 55.0. The molecule has 5 saturated heterocycles. The Labute approximate surface area is 558 Å². The van der Waals surface area contributed by atoms with E-state index in [0.29, 0.717) is 39.3 Å². The molecule has 94 heavy (non-hydrogen) atoms. The molecular formula is C63H91CoN15O14P-5. The number of carbonyl (C=O) groups excluding carboxylic acids is 8. The van der Waals surface area contributed by atoms with Crippen LogP contribution in [-0.4, -0.2) is 118 Å². The molecule has 5 fully saturated rings. The van der Waals surface area contributed by atoms with Gasteiger partial charge in [0, 0.05) is 68.3 Å². The summed E-state index contributed by atoms with van der Waals surface area (Å²) in [5.74, 6) is -8.08. The van der Waals surface area contributed by atoms with Crippen molar-refractivity contribution in [1.82, 2.24) is 10.3 Å². The first-order valence-corrected chi connectivity index (χ1v) is 32.6. The van der Waals surface area contributed by atoms with Crippen LogP contribution in [0.5, 0.6) is 0 Å². The van der Waals surface area contributed by atoms with Gasteiger partial charge < -0.3 is 97.9 Å². The predicted octanol–water partition coefficient (Wildman–Crippen LogP) is 3.49. The third kappa shape index (κ3) is 14.7. The van der Waals surface area contributed by atoms with Crippen LogP contribution >= 0.6 is 7.82 Å². The molecule has 0 spiro atoms. The molecule has 0 aliphatic carbocycles. The van der Waals surface area contributed by atoms with E-state index in [1.165, 1.54) is 17.8 Å². The second-order valence-electron chi connectivity index (χ2n) is 27.7. The van der Waals surface area contributed by atoms with Crippen LogP contribution < -0.4 is 55.0 Å². The molecule has 18 atom stereocenters. The standard InChI is InChI=1S/C62H91N14O14P.CN.Co/c1-28-20-38-39(21-29(28)2)76(27-71-38)57-50(84)51(52(88-57)56(69)85)90-91(86,87)89-30(3)26-70-47(83)18-19-59(8)36(22-44(66)80)55-62(11)61(10,25-46(68)82)35(14-17-43(65)79)49(75-62)32(5)54-60(9,24-45(67)81)33(12-15-41(63)77)37(72-54)23-40-58(6,7)34(13-16-42(64)78)48(73-40)31(4)53(59)74-55;1-2;/h20-21,23,27,30,33-37,48-52,55,57,84H,12-19,22,24-26H2,1-11H3,(H16,63,64,65,66,67,68,69,70,77,78,79,80,81,82,83,85,86,87);;/q-4;-1;/b40-23-,53-31-,54-32-;;/t30-,33-,34-,35-,36+,37?,48?,49?,50-,51+,52+,55-,57+,59-,60+,61+,62+;;/m1../s1. The van der Waals surface area contributed by atoms with Crippen molar-refractivity contribution in [2.24, 2.45) is 85.5 Å². The van der Waals surface area contributed by atoms with Crippen molar-refractivity contribution in [2.75, 3.05) is 6.54 Å². The van der Waals surface area contributed by atoms with E-state index in [4.69, 9.17) is 87.0 Å². The second kappa shape index (κ2) is 28.8. The molecule has 17 N–H and O–H groups in total. The summed E-state index contributed by atoms with van der Waals surface area (Å²) in [6, 6.07) is 0.279. The number of aryl methyl sites for hydroxylation is 2. The summed E-state index contributed by atoms with van der Waals surface area (Å²) in [6.45, 7) is 24.7. The first-order valence-electron chi connectivity index (χ1n) is 31.2. The number of ether oxygens (including phenoxy) is 1.